The van der Waals surface area contributed by atoms with Crippen molar-refractivity contribution in [2.45, 2.75) is 26.7 Å². The number of likely N-dealkylation sites (tertiary alicyclic amines) is 1. The highest BCUT2D eigenvalue weighted by atomic mass is 16.5. The fourth-order valence-corrected chi connectivity index (χ4v) is 3.19. The molecule has 0 aliphatic carbocycles. The molecule has 1 aliphatic heterocycles. The number of carbonyl (C=O) groups excluding carboxylic acids is 2. The lowest BCUT2D eigenvalue weighted by atomic mass is 10.1. The van der Waals surface area contributed by atoms with Crippen molar-refractivity contribution in [2.24, 2.45) is 0 Å². The number of hydrogen-bond donors (Lipinski definition) is 1. The molecule has 3 rings (SSSR count). The monoisotopic (exact) mass is 382 g/mol. The smallest absolute Gasteiger partial charge is 0.255 e. The van der Waals surface area contributed by atoms with E-state index in [-0.39, 0.29) is 11.8 Å². The van der Waals surface area contributed by atoms with E-state index in [9.17, 15) is 9.59 Å². The van der Waals surface area contributed by atoms with Gasteiger partial charge in [0.1, 0.15) is 0 Å². The zero-order valence-electron chi connectivity index (χ0n) is 16.4. The van der Waals surface area contributed by atoms with Gasteiger partial charge in [0.2, 0.25) is 0 Å². The van der Waals surface area contributed by atoms with E-state index in [0.717, 1.165) is 25.9 Å². The topological polar surface area (TPSA) is 67.9 Å². The van der Waals surface area contributed by atoms with Crippen LogP contribution in [0.3, 0.4) is 0 Å². The minimum Gasteiger partial charge on any atom is -0.490 e. The second-order valence-electron chi connectivity index (χ2n) is 6.56. The van der Waals surface area contributed by atoms with Crippen molar-refractivity contribution in [2.75, 3.05) is 31.6 Å². The van der Waals surface area contributed by atoms with Gasteiger partial charge >= 0.3 is 0 Å². The lowest BCUT2D eigenvalue weighted by Gasteiger charge is -2.15. The minimum absolute atomic E-state index is 0.0447. The summed E-state index contributed by atoms with van der Waals surface area (Å²) in [6.45, 7) is 6.42. The summed E-state index contributed by atoms with van der Waals surface area (Å²) in [5.41, 5.74) is 1.75. The van der Waals surface area contributed by atoms with Gasteiger partial charge in [0.15, 0.2) is 11.5 Å². The molecule has 2 amide bonds. The Morgan fingerprint density at radius 2 is 1.50 bits per heavy atom. The summed E-state index contributed by atoms with van der Waals surface area (Å²) in [6.07, 6.45) is 2.12. The van der Waals surface area contributed by atoms with Gasteiger partial charge in [-0.05, 0) is 69.2 Å². The zero-order valence-corrected chi connectivity index (χ0v) is 16.4. The molecule has 0 spiro atoms. The molecular weight excluding hydrogens is 356 g/mol. The van der Waals surface area contributed by atoms with Crippen LogP contribution in [0.4, 0.5) is 5.69 Å². The first-order valence-electron chi connectivity index (χ1n) is 9.72. The molecule has 6 nitrogen and oxygen atoms in total. The van der Waals surface area contributed by atoms with Gasteiger partial charge in [0.05, 0.1) is 13.2 Å². The summed E-state index contributed by atoms with van der Waals surface area (Å²) in [5.74, 6) is 0.958. The first-order valence-corrected chi connectivity index (χ1v) is 9.72. The molecule has 0 unspecified atom stereocenters. The van der Waals surface area contributed by atoms with Crippen LogP contribution in [0.25, 0.3) is 0 Å². The van der Waals surface area contributed by atoms with E-state index in [0.29, 0.717) is 41.5 Å². The lowest BCUT2D eigenvalue weighted by Crippen LogP contribution is -2.27. The van der Waals surface area contributed by atoms with Crippen LogP contribution in [-0.4, -0.2) is 43.0 Å². The van der Waals surface area contributed by atoms with Crippen molar-refractivity contribution in [3.8, 4) is 11.5 Å². The van der Waals surface area contributed by atoms with Crippen LogP contribution in [0.2, 0.25) is 0 Å². The zero-order chi connectivity index (χ0) is 19.9. The molecule has 1 N–H and O–H groups in total. The summed E-state index contributed by atoms with van der Waals surface area (Å²) in [6, 6.07) is 12.1. The van der Waals surface area contributed by atoms with Gasteiger partial charge in [-0.3, -0.25) is 9.59 Å². The van der Waals surface area contributed by atoms with Crippen molar-refractivity contribution in [3.63, 3.8) is 0 Å². The molecule has 0 atom stereocenters. The summed E-state index contributed by atoms with van der Waals surface area (Å²) in [4.78, 5) is 26.8. The molecule has 6 heteroatoms. The predicted octanol–water partition coefficient (Wildman–Crippen LogP) is 3.97. The van der Waals surface area contributed by atoms with Crippen LogP contribution in [0.1, 0.15) is 47.4 Å². The molecule has 1 aliphatic rings. The quantitative estimate of drug-likeness (QED) is 0.787. The van der Waals surface area contributed by atoms with E-state index in [4.69, 9.17) is 9.47 Å². The molecule has 0 radical (unpaired) electrons. The van der Waals surface area contributed by atoms with Gasteiger partial charge in [-0.25, -0.2) is 0 Å². The SMILES string of the molecule is CCOc1ccc(C(=O)Nc2ccc(C(=O)N3CCCC3)cc2)cc1OCC. The predicted molar refractivity (Wildman–Crippen MR) is 108 cm³/mol. The Hall–Kier alpha value is -3.02. The maximum Gasteiger partial charge on any atom is 0.255 e. The highest BCUT2D eigenvalue weighted by Gasteiger charge is 2.19. The second-order valence-corrected chi connectivity index (χ2v) is 6.56. The van der Waals surface area contributed by atoms with Crippen LogP contribution < -0.4 is 14.8 Å². The number of ether oxygens (including phenoxy) is 2. The second kappa shape index (κ2) is 9.26. The highest BCUT2D eigenvalue weighted by molar-refractivity contribution is 6.05. The molecule has 0 bridgehead atoms. The van der Waals surface area contributed by atoms with E-state index in [1.807, 2.05) is 18.7 Å². The van der Waals surface area contributed by atoms with Crippen LogP contribution in [0.5, 0.6) is 11.5 Å². The van der Waals surface area contributed by atoms with Crippen molar-refractivity contribution < 1.29 is 19.1 Å². The van der Waals surface area contributed by atoms with Crippen LogP contribution in [0.15, 0.2) is 42.5 Å². The largest absolute Gasteiger partial charge is 0.490 e. The number of nitrogens with one attached hydrogen (secondary N) is 1. The average molecular weight is 382 g/mol. The maximum absolute atomic E-state index is 12.6. The third-order valence-electron chi connectivity index (χ3n) is 4.59. The van der Waals surface area contributed by atoms with Gasteiger partial charge < -0.3 is 19.7 Å². The number of carbonyl (C=O) groups is 2. The van der Waals surface area contributed by atoms with Gasteiger partial charge in [0.25, 0.3) is 11.8 Å². The fraction of sp³-hybridized carbons (Fsp3) is 0.364. The molecule has 1 saturated heterocycles. The van der Waals surface area contributed by atoms with Gasteiger partial charge in [-0.1, -0.05) is 0 Å². The van der Waals surface area contributed by atoms with Crippen molar-refractivity contribution in [1.82, 2.24) is 4.90 Å². The minimum atomic E-state index is -0.248. The highest BCUT2D eigenvalue weighted by Crippen LogP contribution is 2.29. The normalized spacial score (nSPS) is 13.3. The van der Waals surface area contributed by atoms with Crippen molar-refractivity contribution in [3.05, 3.63) is 53.6 Å². The van der Waals surface area contributed by atoms with E-state index in [2.05, 4.69) is 5.32 Å². The molecule has 0 aromatic heterocycles. The Morgan fingerprint density at radius 1 is 0.893 bits per heavy atom. The van der Waals surface area contributed by atoms with E-state index >= 15 is 0 Å². The van der Waals surface area contributed by atoms with E-state index in [1.165, 1.54) is 0 Å². The first kappa shape index (κ1) is 19.7. The molecule has 1 fully saturated rings. The van der Waals surface area contributed by atoms with Crippen molar-refractivity contribution in [1.29, 1.82) is 0 Å². The Labute approximate surface area is 165 Å². The number of hydrogen-bond acceptors (Lipinski definition) is 4. The number of benzene rings is 2. The van der Waals surface area contributed by atoms with Gasteiger partial charge in [-0.15, -0.1) is 0 Å². The molecule has 1 heterocycles. The van der Waals surface area contributed by atoms with Gasteiger partial charge in [0, 0.05) is 29.9 Å². The van der Waals surface area contributed by atoms with E-state index < -0.39 is 0 Å². The third-order valence-corrected chi connectivity index (χ3v) is 4.59. The standard InChI is InChI=1S/C22H26N2O4/c1-3-27-19-12-9-17(15-20(19)28-4-2)21(25)23-18-10-7-16(8-11-18)22(26)24-13-5-6-14-24/h7-12,15H,3-6,13-14H2,1-2H3,(H,23,25). The van der Waals surface area contributed by atoms with Gasteiger partial charge in [-0.2, -0.15) is 0 Å². The Morgan fingerprint density at radius 3 is 2.14 bits per heavy atom. The number of rotatable bonds is 7. The van der Waals surface area contributed by atoms with E-state index in [1.54, 1.807) is 42.5 Å². The van der Waals surface area contributed by atoms with Crippen LogP contribution >= 0.6 is 0 Å². The Balaban J connectivity index is 1.68. The summed E-state index contributed by atoms with van der Waals surface area (Å²) in [5, 5.41) is 2.85. The summed E-state index contributed by atoms with van der Waals surface area (Å²) < 4.78 is 11.1. The Bertz CT molecular complexity index is 827. The molecule has 2 aromatic rings. The number of amides is 2. The maximum atomic E-state index is 12.6. The number of nitrogens with zero attached hydrogens (tertiary/aromatic N) is 1. The summed E-state index contributed by atoms with van der Waals surface area (Å²) >= 11 is 0. The lowest BCUT2D eigenvalue weighted by molar-refractivity contribution is 0.0792. The molecule has 148 valence electrons. The molecule has 28 heavy (non-hydrogen) atoms. The van der Waals surface area contributed by atoms with Crippen LogP contribution in [0, 0.1) is 0 Å². The molecule has 0 saturated carbocycles. The van der Waals surface area contributed by atoms with Crippen molar-refractivity contribution >= 4 is 17.5 Å². The molecular formula is C22H26N2O4. The van der Waals surface area contributed by atoms with Crippen LogP contribution in [-0.2, 0) is 0 Å². The third kappa shape index (κ3) is 4.63. The summed E-state index contributed by atoms with van der Waals surface area (Å²) in [7, 11) is 0. The first-order chi connectivity index (χ1) is 13.6. The molecule has 2 aromatic carbocycles. The Kier molecular flexibility index (Phi) is 6.53. The average Bonchev–Trinajstić information content (AvgIpc) is 3.24. The fourth-order valence-electron chi connectivity index (χ4n) is 3.19. The number of anilines is 1.